The molecular weight excluding hydrogens is 194 g/mol. The maximum atomic E-state index is 9.44. The van der Waals surface area contributed by atoms with Gasteiger partial charge in [0.25, 0.3) is 0 Å². The number of hydrogen-bond acceptors (Lipinski definition) is 3. The number of aliphatic hydroxyl groups is 1. The number of hydrogen-bond donors (Lipinski definition) is 2. The number of rotatable bonds is 6. The van der Waals surface area contributed by atoms with Crippen LogP contribution in [0.5, 0.6) is 0 Å². The molecule has 0 spiro atoms. The van der Waals surface area contributed by atoms with Crippen molar-refractivity contribution in [2.24, 2.45) is 0 Å². The summed E-state index contributed by atoms with van der Waals surface area (Å²) in [7, 11) is 0. The van der Waals surface area contributed by atoms with Gasteiger partial charge in [-0.05, 0) is 24.3 Å². The molecule has 0 fully saturated rings. The average Bonchev–Trinajstić information content (AvgIpc) is 2.72. The van der Waals surface area contributed by atoms with Crippen molar-refractivity contribution in [2.45, 2.75) is 38.8 Å². The van der Waals surface area contributed by atoms with Gasteiger partial charge in [-0.2, -0.15) is 0 Å². The van der Waals surface area contributed by atoms with Gasteiger partial charge in [0.2, 0.25) is 0 Å². The van der Waals surface area contributed by atoms with Gasteiger partial charge in [-0.1, -0.05) is 19.9 Å². The highest BCUT2D eigenvalue weighted by Gasteiger charge is 2.10. The first-order chi connectivity index (χ1) is 6.77. The van der Waals surface area contributed by atoms with E-state index in [1.54, 1.807) is 11.3 Å². The fourth-order valence-corrected chi connectivity index (χ4v) is 2.24. The van der Waals surface area contributed by atoms with Crippen LogP contribution in [-0.2, 0) is 0 Å². The molecule has 0 aliphatic heterocycles. The smallest absolute Gasteiger partial charge is 0.0662 e. The zero-order valence-electron chi connectivity index (χ0n) is 8.86. The second-order valence-electron chi connectivity index (χ2n) is 3.45. The van der Waals surface area contributed by atoms with Crippen LogP contribution in [0.3, 0.4) is 0 Å². The van der Waals surface area contributed by atoms with E-state index in [9.17, 15) is 5.11 Å². The summed E-state index contributed by atoms with van der Waals surface area (Å²) in [5, 5.41) is 14.9. The normalized spacial score (nSPS) is 15.4. The Labute approximate surface area is 90.0 Å². The standard InChI is InChI=1S/C11H19NOS/c1-3-9(13)8-12-10(4-2)11-6-5-7-14-11/h5-7,9-10,12-13H,3-4,8H2,1-2H3/t9-,10-/m1/s1. The van der Waals surface area contributed by atoms with Crippen LogP contribution in [-0.4, -0.2) is 17.8 Å². The SMILES string of the molecule is CC[C@@H](O)CN[C@H](CC)c1cccs1. The molecule has 2 nitrogen and oxygen atoms in total. The molecule has 0 saturated heterocycles. The molecule has 3 heteroatoms. The first-order valence-electron chi connectivity index (χ1n) is 5.22. The molecule has 1 aromatic rings. The van der Waals surface area contributed by atoms with Crippen LogP contribution in [0.15, 0.2) is 17.5 Å². The van der Waals surface area contributed by atoms with Gasteiger partial charge in [-0.15, -0.1) is 11.3 Å². The Kier molecular flexibility index (Phi) is 5.15. The molecule has 0 aromatic carbocycles. The lowest BCUT2D eigenvalue weighted by atomic mass is 10.1. The molecule has 0 unspecified atom stereocenters. The fourth-order valence-electron chi connectivity index (χ4n) is 1.36. The lowest BCUT2D eigenvalue weighted by Gasteiger charge is -2.17. The molecule has 0 aliphatic rings. The minimum absolute atomic E-state index is 0.219. The third-order valence-corrected chi connectivity index (χ3v) is 3.35. The van der Waals surface area contributed by atoms with Gasteiger partial charge in [0, 0.05) is 17.5 Å². The predicted octanol–water partition coefficient (Wildman–Crippen LogP) is 2.56. The second-order valence-corrected chi connectivity index (χ2v) is 4.43. The van der Waals surface area contributed by atoms with Crippen LogP contribution in [0.2, 0.25) is 0 Å². The average molecular weight is 213 g/mol. The zero-order chi connectivity index (χ0) is 10.4. The van der Waals surface area contributed by atoms with Crippen molar-refractivity contribution in [3.05, 3.63) is 22.4 Å². The fraction of sp³-hybridized carbons (Fsp3) is 0.636. The molecule has 2 N–H and O–H groups in total. The highest BCUT2D eigenvalue weighted by molar-refractivity contribution is 7.10. The Morgan fingerprint density at radius 3 is 2.71 bits per heavy atom. The molecule has 0 radical (unpaired) electrons. The Hall–Kier alpha value is -0.380. The van der Waals surface area contributed by atoms with E-state index in [1.807, 2.05) is 6.92 Å². The number of nitrogens with one attached hydrogen (secondary N) is 1. The molecule has 14 heavy (non-hydrogen) atoms. The summed E-state index contributed by atoms with van der Waals surface area (Å²) < 4.78 is 0. The van der Waals surface area contributed by atoms with E-state index in [1.165, 1.54) is 4.88 Å². The van der Waals surface area contributed by atoms with Crippen LogP contribution < -0.4 is 5.32 Å². The lowest BCUT2D eigenvalue weighted by Crippen LogP contribution is -2.29. The molecule has 0 bridgehead atoms. The lowest BCUT2D eigenvalue weighted by molar-refractivity contribution is 0.162. The van der Waals surface area contributed by atoms with Gasteiger partial charge in [0.05, 0.1) is 6.10 Å². The third-order valence-electron chi connectivity index (χ3n) is 2.37. The quantitative estimate of drug-likeness (QED) is 0.761. The van der Waals surface area contributed by atoms with Gasteiger partial charge in [-0.25, -0.2) is 0 Å². The maximum Gasteiger partial charge on any atom is 0.0662 e. The summed E-state index contributed by atoms with van der Waals surface area (Å²) in [4.78, 5) is 1.36. The van der Waals surface area contributed by atoms with E-state index >= 15 is 0 Å². The van der Waals surface area contributed by atoms with Crippen molar-refractivity contribution >= 4 is 11.3 Å². The monoisotopic (exact) mass is 213 g/mol. The van der Waals surface area contributed by atoms with Gasteiger partial charge in [-0.3, -0.25) is 0 Å². The van der Waals surface area contributed by atoms with E-state index in [2.05, 4.69) is 29.8 Å². The van der Waals surface area contributed by atoms with Crippen molar-refractivity contribution < 1.29 is 5.11 Å². The predicted molar refractivity (Wildman–Crippen MR) is 61.7 cm³/mol. The summed E-state index contributed by atoms with van der Waals surface area (Å²) in [5.74, 6) is 0. The molecule has 1 aromatic heterocycles. The molecular formula is C11H19NOS. The minimum Gasteiger partial charge on any atom is -0.392 e. The number of thiophene rings is 1. The number of aliphatic hydroxyl groups excluding tert-OH is 1. The molecule has 1 heterocycles. The summed E-state index contributed by atoms with van der Waals surface area (Å²) in [5.41, 5.74) is 0. The molecule has 80 valence electrons. The van der Waals surface area contributed by atoms with Crippen LogP contribution in [0.1, 0.15) is 37.6 Å². The Bertz CT molecular complexity index is 235. The molecule has 0 saturated carbocycles. The Morgan fingerprint density at radius 2 is 2.21 bits per heavy atom. The molecule has 0 amide bonds. The highest BCUT2D eigenvalue weighted by Crippen LogP contribution is 2.21. The van der Waals surface area contributed by atoms with E-state index in [0.717, 1.165) is 12.8 Å². The van der Waals surface area contributed by atoms with E-state index in [0.29, 0.717) is 12.6 Å². The maximum absolute atomic E-state index is 9.44. The first-order valence-corrected chi connectivity index (χ1v) is 6.10. The summed E-state index contributed by atoms with van der Waals surface area (Å²) in [6.07, 6.45) is 1.66. The third kappa shape index (κ3) is 3.40. The van der Waals surface area contributed by atoms with Crippen LogP contribution in [0, 0.1) is 0 Å². The van der Waals surface area contributed by atoms with Crippen LogP contribution >= 0.6 is 11.3 Å². The van der Waals surface area contributed by atoms with E-state index in [-0.39, 0.29) is 6.10 Å². The van der Waals surface area contributed by atoms with Crippen molar-refractivity contribution in [1.82, 2.24) is 5.32 Å². The van der Waals surface area contributed by atoms with Gasteiger partial charge in [0.1, 0.15) is 0 Å². The van der Waals surface area contributed by atoms with Crippen molar-refractivity contribution in [1.29, 1.82) is 0 Å². The van der Waals surface area contributed by atoms with Crippen LogP contribution in [0.25, 0.3) is 0 Å². The first kappa shape index (κ1) is 11.7. The van der Waals surface area contributed by atoms with Crippen LogP contribution in [0.4, 0.5) is 0 Å². The van der Waals surface area contributed by atoms with E-state index < -0.39 is 0 Å². The van der Waals surface area contributed by atoms with E-state index in [4.69, 9.17) is 0 Å². The Morgan fingerprint density at radius 1 is 1.43 bits per heavy atom. The topological polar surface area (TPSA) is 32.3 Å². The zero-order valence-corrected chi connectivity index (χ0v) is 9.68. The van der Waals surface area contributed by atoms with Gasteiger partial charge >= 0.3 is 0 Å². The molecule has 1 rings (SSSR count). The van der Waals surface area contributed by atoms with Crippen molar-refractivity contribution in [2.75, 3.05) is 6.54 Å². The van der Waals surface area contributed by atoms with Gasteiger partial charge < -0.3 is 10.4 Å². The van der Waals surface area contributed by atoms with Crippen molar-refractivity contribution in [3.63, 3.8) is 0 Å². The largest absolute Gasteiger partial charge is 0.392 e. The minimum atomic E-state index is -0.219. The van der Waals surface area contributed by atoms with Crippen molar-refractivity contribution in [3.8, 4) is 0 Å². The highest BCUT2D eigenvalue weighted by atomic mass is 32.1. The molecule has 2 atom stereocenters. The molecule has 0 aliphatic carbocycles. The Balaban J connectivity index is 2.40. The van der Waals surface area contributed by atoms with Gasteiger partial charge in [0.15, 0.2) is 0 Å². The summed E-state index contributed by atoms with van der Waals surface area (Å²) in [6.45, 7) is 4.85. The second kappa shape index (κ2) is 6.17. The summed E-state index contributed by atoms with van der Waals surface area (Å²) in [6, 6.07) is 4.61. The summed E-state index contributed by atoms with van der Waals surface area (Å²) >= 11 is 1.77.